The highest BCUT2D eigenvalue weighted by Gasteiger charge is 2.30. The van der Waals surface area contributed by atoms with Gasteiger partial charge in [0.05, 0.1) is 11.3 Å². The lowest BCUT2D eigenvalue weighted by Gasteiger charge is -2.23. The normalized spacial score (nSPS) is 20.8. The summed E-state index contributed by atoms with van der Waals surface area (Å²) in [7, 11) is 0. The van der Waals surface area contributed by atoms with Gasteiger partial charge in [-0.1, -0.05) is 37.6 Å². The summed E-state index contributed by atoms with van der Waals surface area (Å²) in [5, 5.41) is 11.9. The number of amides is 1. The van der Waals surface area contributed by atoms with Crippen molar-refractivity contribution in [3.63, 3.8) is 0 Å². The molecule has 1 aliphatic carbocycles. The Morgan fingerprint density at radius 3 is 2.73 bits per heavy atom. The van der Waals surface area contributed by atoms with Gasteiger partial charge in [-0.2, -0.15) is 0 Å². The predicted molar refractivity (Wildman–Crippen MR) is 159 cm³/mol. The number of aryl methyl sites for hydroxylation is 1. The minimum atomic E-state index is 0.0640. The first-order valence-corrected chi connectivity index (χ1v) is 14.3. The van der Waals surface area contributed by atoms with Gasteiger partial charge in [-0.25, -0.2) is 15.0 Å². The second-order valence-corrected chi connectivity index (χ2v) is 11.0. The molecule has 2 fully saturated rings. The molecule has 1 aliphatic heterocycles. The van der Waals surface area contributed by atoms with Gasteiger partial charge in [0.25, 0.3) is 0 Å². The Kier molecular flexibility index (Phi) is 7.60. The van der Waals surface area contributed by atoms with E-state index in [4.69, 9.17) is 9.72 Å². The van der Waals surface area contributed by atoms with Gasteiger partial charge in [0.2, 0.25) is 17.7 Å². The molecule has 4 aromatic rings. The Bertz CT molecular complexity index is 1520. The van der Waals surface area contributed by atoms with E-state index >= 15 is 0 Å². The highest BCUT2D eigenvalue weighted by Crippen LogP contribution is 2.39. The van der Waals surface area contributed by atoms with Gasteiger partial charge in [0.15, 0.2) is 0 Å². The van der Waals surface area contributed by atoms with Crippen molar-refractivity contribution in [3.05, 3.63) is 66.5 Å². The fourth-order valence-electron chi connectivity index (χ4n) is 5.94. The first-order chi connectivity index (χ1) is 19.6. The Morgan fingerprint density at radius 2 is 1.90 bits per heavy atom. The van der Waals surface area contributed by atoms with Crippen LogP contribution in [0.25, 0.3) is 22.0 Å². The fraction of sp³-hybridized carbons (Fsp3) is 0.375. The molecule has 0 bridgehead atoms. The zero-order valence-electron chi connectivity index (χ0n) is 23.1. The summed E-state index contributed by atoms with van der Waals surface area (Å²) in [6.07, 6.45) is 8.88. The summed E-state index contributed by atoms with van der Waals surface area (Å²) in [6.45, 7) is 6.14. The second-order valence-electron chi connectivity index (χ2n) is 11.0. The van der Waals surface area contributed by atoms with Crippen molar-refractivity contribution >= 4 is 28.3 Å². The van der Waals surface area contributed by atoms with Crippen LogP contribution in [0.3, 0.4) is 0 Å². The minimum Gasteiger partial charge on any atom is -0.437 e. The van der Waals surface area contributed by atoms with Crippen LogP contribution in [0, 0.1) is 18.8 Å². The molecule has 8 nitrogen and oxygen atoms in total. The number of anilines is 2. The van der Waals surface area contributed by atoms with Crippen LogP contribution in [0.1, 0.15) is 44.6 Å². The fourth-order valence-corrected chi connectivity index (χ4v) is 5.94. The lowest BCUT2D eigenvalue weighted by Crippen LogP contribution is -2.38. The van der Waals surface area contributed by atoms with E-state index in [-0.39, 0.29) is 11.8 Å². The first-order valence-electron chi connectivity index (χ1n) is 14.3. The van der Waals surface area contributed by atoms with Gasteiger partial charge in [0.1, 0.15) is 5.75 Å². The van der Waals surface area contributed by atoms with E-state index in [1.807, 2.05) is 55.5 Å². The minimum absolute atomic E-state index is 0.0640. The van der Waals surface area contributed by atoms with Crippen molar-refractivity contribution in [1.82, 2.24) is 20.3 Å². The number of fused-ring (bicyclic) bond motifs is 1. The summed E-state index contributed by atoms with van der Waals surface area (Å²) < 4.78 is 6.56. The van der Waals surface area contributed by atoms with E-state index in [1.165, 1.54) is 0 Å². The molecule has 3 N–H and O–H groups in total. The van der Waals surface area contributed by atoms with Crippen LogP contribution >= 0.6 is 0 Å². The average Bonchev–Trinajstić information content (AvgIpc) is 3.41. The number of hydrogen-bond donors (Lipinski definition) is 3. The van der Waals surface area contributed by atoms with Crippen molar-refractivity contribution in [1.29, 1.82) is 0 Å². The number of nitrogens with zero attached hydrogens (tertiary/aromatic N) is 3. The lowest BCUT2D eigenvalue weighted by atomic mass is 9.97. The van der Waals surface area contributed by atoms with Crippen LogP contribution in [0.2, 0.25) is 0 Å². The number of rotatable bonds is 7. The molecule has 1 saturated carbocycles. The molecular formula is C32H36N6O2. The molecule has 206 valence electrons. The predicted octanol–water partition coefficient (Wildman–Crippen LogP) is 6.33. The molecule has 3 heterocycles. The number of hydrogen-bond acceptors (Lipinski definition) is 7. The summed E-state index contributed by atoms with van der Waals surface area (Å²) in [4.78, 5) is 26.9. The first kappa shape index (κ1) is 26.2. The van der Waals surface area contributed by atoms with Crippen LogP contribution in [-0.2, 0) is 4.79 Å². The lowest BCUT2D eigenvalue weighted by molar-refractivity contribution is -0.120. The van der Waals surface area contributed by atoms with E-state index in [0.29, 0.717) is 29.5 Å². The number of piperidine rings is 1. The van der Waals surface area contributed by atoms with Crippen LogP contribution < -0.4 is 20.7 Å². The van der Waals surface area contributed by atoms with Gasteiger partial charge >= 0.3 is 0 Å². The summed E-state index contributed by atoms with van der Waals surface area (Å²) >= 11 is 0. The smallest absolute Gasteiger partial charge is 0.228 e. The third kappa shape index (κ3) is 5.49. The number of pyridine rings is 1. The molecule has 1 amide bonds. The number of aromatic nitrogens is 3. The zero-order valence-corrected chi connectivity index (χ0v) is 23.1. The van der Waals surface area contributed by atoms with Crippen molar-refractivity contribution < 1.29 is 9.53 Å². The molecule has 1 saturated heterocycles. The third-order valence-corrected chi connectivity index (χ3v) is 8.20. The molecule has 3 atom stereocenters. The van der Waals surface area contributed by atoms with E-state index in [1.54, 1.807) is 12.4 Å². The van der Waals surface area contributed by atoms with Gasteiger partial charge < -0.3 is 20.7 Å². The van der Waals surface area contributed by atoms with Crippen molar-refractivity contribution in [3.8, 4) is 22.9 Å². The van der Waals surface area contributed by atoms with Crippen LogP contribution in [-0.4, -0.2) is 40.0 Å². The molecular weight excluding hydrogens is 500 g/mol. The Balaban J connectivity index is 1.30. The molecule has 1 unspecified atom stereocenters. The molecule has 0 spiro atoms. The van der Waals surface area contributed by atoms with Crippen LogP contribution in [0.4, 0.5) is 11.6 Å². The van der Waals surface area contributed by atoms with Crippen molar-refractivity contribution in [2.45, 2.75) is 52.0 Å². The maximum Gasteiger partial charge on any atom is 0.228 e. The van der Waals surface area contributed by atoms with E-state index in [9.17, 15) is 4.79 Å². The maximum absolute atomic E-state index is 13.1. The summed E-state index contributed by atoms with van der Waals surface area (Å²) in [6, 6.07) is 16.1. The summed E-state index contributed by atoms with van der Waals surface area (Å²) in [5.41, 5.74) is 3.30. The molecule has 40 heavy (non-hydrogen) atoms. The number of carbonyl (C=O) groups is 1. The Labute approximate surface area is 235 Å². The SMILES string of the molecule is Cc1ccc2c(NC(=O)[C@@H]3CCCC3C)cccc2c1Oc1ncccc1-c1ccnc(N[C@H]2CCCNC2)n1. The zero-order chi connectivity index (χ0) is 27.5. The second kappa shape index (κ2) is 11.6. The number of nitrogens with one attached hydrogen (secondary N) is 3. The number of benzene rings is 2. The monoisotopic (exact) mass is 536 g/mol. The van der Waals surface area contributed by atoms with Crippen molar-refractivity contribution in [2.24, 2.45) is 11.8 Å². The maximum atomic E-state index is 13.1. The molecule has 8 heteroatoms. The number of carbonyl (C=O) groups excluding carboxylic acids is 1. The quantitative estimate of drug-likeness (QED) is 0.254. The number of ether oxygens (including phenoxy) is 1. The van der Waals surface area contributed by atoms with Crippen molar-refractivity contribution in [2.75, 3.05) is 23.7 Å². The van der Waals surface area contributed by atoms with E-state index < -0.39 is 0 Å². The molecule has 2 aliphatic rings. The topological polar surface area (TPSA) is 101 Å². The highest BCUT2D eigenvalue weighted by atomic mass is 16.5. The molecule has 2 aromatic heterocycles. The van der Waals surface area contributed by atoms with Crippen LogP contribution in [0.15, 0.2) is 60.9 Å². The Hall–Kier alpha value is -4.04. The largest absolute Gasteiger partial charge is 0.437 e. The van der Waals surface area contributed by atoms with E-state index in [2.05, 4.69) is 32.8 Å². The van der Waals surface area contributed by atoms with E-state index in [0.717, 1.165) is 78.5 Å². The Morgan fingerprint density at radius 1 is 0.975 bits per heavy atom. The average molecular weight is 537 g/mol. The van der Waals surface area contributed by atoms with Gasteiger partial charge in [-0.3, -0.25) is 4.79 Å². The highest BCUT2D eigenvalue weighted by molar-refractivity contribution is 6.05. The third-order valence-electron chi connectivity index (χ3n) is 8.20. The summed E-state index contributed by atoms with van der Waals surface area (Å²) in [5.74, 6) is 2.36. The standard InChI is InChI=1S/C32H36N6O2/c1-20-7-3-9-23(20)30(39)37-27-12-4-10-25-24(27)14-13-21(2)29(25)40-31-26(11-6-17-34-31)28-15-18-35-32(38-28)36-22-8-5-16-33-19-22/h4,6,10-15,17-18,20,22-23,33H,3,5,7-9,16,19H2,1-2H3,(H,37,39)(H,35,36,38)/t20?,22-,23+/m0/s1. The molecule has 2 aromatic carbocycles. The van der Waals surface area contributed by atoms with Gasteiger partial charge in [-0.05, 0) is 74.9 Å². The van der Waals surface area contributed by atoms with Crippen LogP contribution in [0.5, 0.6) is 11.6 Å². The van der Waals surface area contributed by atoms with Gasteiger partial charge in [-0.15, -0.1) is 0 Å². The van der Waals surface area contributed by atoms with Gasteiger partial charge in [0, 0.05) is 47.4 Å². The molecule has 6 rings (SSSR count). The molecule has 0 radical (unpaired) electrons.